The van der Waals surface area contributed by atoms with E-state index in [0.717, 1.165) is 17.0 Å². The molecule has 1 heterocycles. The quantitative estimate of drug-likeness (QED) is 0.921. The number of hydrogen-bond donors (Lipinski definition) is 1. The Morgan fingerprint density at radius 1 is 1.25 bits per heavy atom. The number of nitrogens with zero attached hydrogens (tertiary/aromatic N) is 1. The number of aromatic nitrogens is 1. The summed E-state index contributed by atoms with van der Waals surface area (Å²) in [6.07, 6.45) is 0.561. The maximum atomic E-state index is 13.9. The van der Waals surface area contributed by atoms with E-state index >= 15 is 0 Å². The van der Waals surface area contributed by atoms with E-state index < -0.39 is 0 Å². The molecular formula is C16H18ClFN2. The van der Waals surface area contributed by atoms with Crippen molar-refractivity contribution in [3.05, 3.63) is 63.7 Å². The molecule has 4 heteroatoms. The Kier molecular flexibility index (Phi) is 4.73. The number of hydrogen-bond acceptors (Lipinski definition) is 2. The van der Waals surface area contributed by atoms with Crippen LogP contribution in [0.2, 0.25) is 5.02 Å². The summed E-state index contributed by atoms with van der Waals surface area (Å²) in [7, 11) is 1.87. The van der Waals surface area contributed by atoms with Crippen molar-refractivity contribution in [2.24, 2.45) is 0 Å². The fourth-order valence-corrected chi connectivity index (χ4v) is 2.50. The number of pyridine rings is 1. The van der Waals surface area contributed by atoms with Crippen molar-refractivity contribution < 1.29 is 4.39 Å². The number of likely N-dealkylation sites (N-methyl/N-ethyl adjacent to an activating group) is 1. The first-order valence-electron chi connectivity index (χ1n) is 6.56. The molecule has 0 bridgehead atoms. The van der Waals surface area contributed by atoms with Crippen molar-refractivity contribution in [3.8, 4) is 0 Å². The topological polar surface area (TPSA) is 24.9 Å². The first-order valence-corrected chi connectivity index (χ1v) is 6.94. The molecule has 106 valence electrons. The molecule has 0 aliphatic rings. The van der Waals surface area contributed by atoms with Crippen LogP contribution < -0.4 is 5.32 Å². The Morgan fingerprint density at radius 3 is 2.60 bits per heavy atom. The van der Waals surface area contributed by atoms with Gasteiger partial charge < -0.3 is 5.32 Å². The second kappa shape index (κ2) is 6.33. The van der Waals surface area contributed by atoms with Gasteiger partial charge in [0, 0.05) is 22.5 Å². The van der Waals surface area contributed by atoms with Crippen molar-refractivity contribution in [3.63, 3.8) is 0 Å². The zero-order chi connectivity index (χ0) is 14.7. The lowest BCUT2D eigenvalue weighted by Gasteiger charge is -2.19. The first kappa shape index (κ1) is 14.9. The van der Waals surface area contributed by atoms with Gasteiger partial charge in [0.15, 0.2) is 0 Å². The van der Waals surface area contributed by atoms with Crippen LogP contribution in [0.25, 0.3) is 0 Å². The second-order valence-electron chi connectivity index (χ2n) is 4.91. The van der Waals surface area contributed by atoms with Gasteiger partial charge in [-0.25, -0.2) is 4.39 Å². The van der Waals surface area contributed by atoms with Crippen LogP contribution in [0.5, 0.6) is 0 Å². The summed E-state index contributed by atoms with van der Waals surface area (Å²) in [6.45, 7) is 3.94. The number of aryl methyl sites for hydroxylation is 2. The molecule has 0 saturated heterocycles. The predicted octanol–water partition coefficient (Wildman–Crippen LogP) is 3.99. The summed E-state index contributed by atoms with van der Waals surface area (Å²) < 4.78 is 13.9. The van der Waals surface area contributed by atoms with E-state index in [1.165, 1.54) is 6.07 Å². The smallest absolute Gasteiger partial charge is 0.127 e. The highest BCUT2D eigenvalue weighted by molar-refractivity contribution is 6.30. The summed E-state index contributed by atoms with van der Waals surface area (Å²) in [5.74, 6) is -0.268. The molecule has 2 aromatic rings. The Morgan fingerprint density at radius 2 is 2.00 bits per heavy atom. The first-order chi connectivity index (χ1) is 9.51. The Labute approximate surface area is 124 Å². The van der Waals surface area contributed by atoms with Crippen LogP contribution >= 0.6 is 11.6 Å². The SMILES string of the molecule is CNC(Cc1ccc(Cl)cc1F)c1ccc(C)nc1C. The minimum absolute atomic E-state index is 0.0266. The highest BCUT2D eigenvalue weighted by atomic mass is 35.5. The number of benzene rings is 1. The predicted molar refractivity (Wildman–Crippen MR) is 80.6 cm³/mol. The molecule has 1 atom stereocenters. The van der Waals surface area contributed by atoms with Gasteiger partial charge in [0.25, 0.3) is 0 Å². The molecule has 1 aromatic carbocycles. The highest BCUT2D eigenvalue weighted by Crippen LogP contribution is 2.23. The van der Waals surface area contributed by atoms with Crippen LogP contribution in [0.1, 0.15) is 28.6 Å². The molecule has 2 nitrogen and oxygen atoms in total. The van der Waals surface area contributed by atoms with Gasteiger partial charge in [-0.15, -0.1) is 0 Å². The van der Waals surface area contributed by atoms with Crippen LogP contribution in [0.15, 0.2) is 30.3 Å². The molecular weight excluding hydrogens is 275 g/mol. The average molecular weight is 293 g/mol. The normalized spacial score (nSPS) is 12.4. The van der Waals surface area contributed by atoms with Crippen LogP contribution in [0.3, 0.4) is 0 Å². The van der Waals surface area contributed by atoms with Crippen molar-refractivity contribution in [1.82, 2.24) is 10.3 Å². The summed E-state index contributed by atoms with van der Waals surface area (Å²) in [6, 6.07) is 8.85. The van der Waals surface area contributed by atoms with Crippen molar-refractivity contribution in [2.75, 3.05) is 7.05 Å². The van der Waals surface area contributed by atoms with E-state index in [4.69, 9.17) is 11.6 Å². The van der Waals surface area contributed by atoms with Gasteiger partial charge in [0.2, 0.25) is 0 Å². The molecule has 1 aromatic heterocycles. The van der Waals surface area contributed by atoms with Gasteiger partial charge in [0.1, 0.15) is 5.82 Å². The number of halogens is 2. The maximum Gasteiger partial charge on any atom is 0.127 e. The second-order valence-corrected chi connectivity index (χ2v) is 5.34. The molecule has 1 N–H and O–H groups in total. The number of nitrogens with one attached hydrogen (secondary N) is 1. The maximum absolute atomic E-state index is 13.9. The Bertz CT molecular complexity index is 613. The molecule has 0 amide bonds. The summed E-state index contributed by atoms with van der Waals surface area (Å²) >= 11 is 5.78. The van der Waals surface area contributed by atoms with Crippen LogP contribution in [-0.4, -0.2) is 12.0 Å². The zero-order valence-corrected chi connectivity index (χ0v) is 12.6. The number of rotatable bonds is 4. The standard InChI is InChI=1S/C16H18ClFN2/c1-10-4-7-14(11(2)20-10)16(19-3)8-12-5-6-13(17)9-15(12)18/h4-7,9,16,19H,8H2,1-3H3. The van der Waals surface area contributed by atoms with Gasteiger partial charge in [-0.2, -0.15) is 0 Å². The van der Waals surface area contributed by atoms with E-state index in [-0.39, 0.29) is 11.9 Å². The van der Waals surface area contributed by atoms with Crippen molar-refractivity contribution >= 4 is 11.6 Å². The fourth-order valence-electron chi connectivity index (χ4n) is 2.34. The monoisotopic (exact) mass is 292 g/mol. The lowest BCUT2D eigenvalue weighted by atomic mass is 9.97. The third-order valence-corrected chi connectivity index (χ3v) is 3.66. The molecule has 20 heavy (non-hydrogen) atoms. The van der Waals surface area contributed by atoms with E-state index in [2.05, 4.69) is 10.3 Å². The van der Waals surface area contributed by atoms with Gasteiger partial charge in [-0.1, -0.05) is 23.7 Å². The lowest BCUT2D eigenvalue weighted by Crippen LogP contribution is -2.21. The minimum atomic E-state index is -0.268. The third kappa shape index (κ3) is 3.35. The average Bonchev–Trinajstić information content (AvgIpc) is 2.39. The lowest BCUT2D eigenvalue weighted by molar-refractivity contribution is 0.551. The third-order valence-electron chi connectivity index (χ3n) is 3.43. The van der Waals surface area contributed by atoms with E-state index in [1.807, 2.05) is 33.0 Å². The Hall–Kier alpha value is -1.45. The largest absolute Gasteiger partial charge is 0.313 e. The zero-order valence-electron chi connectivity index (χ0n) is 11.9. The van der Waals surface area contributed by atoms with Gasteiger partial charge >= 0.3 is 0 Å². The molecule has 0 radical (unpaired) electrons. The van der Waals surface area contributed by atoms with E-state index in [9.17, 15) is 4.39 Å². The van der Waals surface area contributed by atoms with Crippen LogP contribution in [0, 0.1) is 19.7 Å². The van der Waals surface area contributed by atoms with Crippen LogP contribution in [-0.2, 0) is 6.42 Å². The summed E-state index contributed by atoms with van der Waals surface area (Å²) in [5.41, 5.74) is 3.69. The molecule has 1 unspecified atom stereocenters. The van der Waals surface area contributed by atoms with E-state index in [0.29, 0.717) is 17.0 Å². The van der Waals surface area contributed by atoms with E-state index in [1.54, 1.807) is 12.1 Å². The Balaban J connectivity index is 2.28. The van der Waals surface area contributed by atoms with Gasteiger partial charge in [-0.05, 0) is 56.6 Å². The molecule has 0 aliphatic carbocycles. The van der Waals surface area contributed by atoms with Crippen molar-refractivity contribution in [2.45, 2.75) is 26.3 Å². The molecule has 0 fully saturated rings. The van der Waals surface area contributed by atoms with Gasteiger partial charge in [0.05, 0.1) is 0 Å². The summed E-state index contributed by atoms with van der Waals surface area (Å²) in [4.78, 5) is 4.47. The van der Waals surface area contributed by atoms with Crippen LogP contribution in [0.4, 0.5) is 4.39 Å². The summed E-state index contributed by atoms with van der Waals surface area (Å²) in [5, 5.41) is 3.65. The molecule has 0 aliphatic heterocycles. The molecule has 0 spiro atoms. The molecule has 0 saturated carbocycles. The van der Waals surface area contributed by atoms with Crippen molar-refractivity contribution in [1.29, 1.82) is 0 Å². The van der Waals surface area contributed by atoms with Gasteiger partial charge in [-0.3, -0.25) is 4.98 Å². The highest BCUT2D eigenvalue weighted by Gasteiger charge is 2.15. The minimum Gasteiger partial charge on any atom is -0.313 e. The fraction of sp³-hybridized carbons (Fsp3) is 0.312. The molecule has 2 rings (SSSR count).